The minimum Gasteiger partial charge on any atom is -0.337 e. The Morgan fingerprint density at radius 2 is 2.00 bits per heavy atom. The first-order valence-corrected chi connectivity index (χ1v) is 7.55. The first-order valence-electron chi connectivity index (χ1n) is 7.55. The number of benzene rings is 1. The fourth-order valence-corrected chi connectivity index (χ4v) is 3.23. The predicted molar refractivity (Wildman–Crippen MR) is 87.2 cm³/mol. The fraction of sp³-hybridized carbons (Fsp3) is 0.562. The van der Waals surface area contributed by atoms with E-state index in [-0.39, 0.29) is 18.3 Å². The monoisotopic (exact) mass is 309 g/mol. The van der Waals surface area contributed by atoms with Gasteiger partial charge in [-0.3, -0.25) is 9.69 Å². The van der Waals surface area contributed by atoms with Gasteiger partial charge in [0.05, 0.1) is 0 Å². The van der Waals surface area contributed by atoms with Crippen molar-refractivity contribution in [3.05, 3.63) is 35.4 Å². The van der Waals surface area contributed by atoms with E-state index < -0.39 is 0 Å². The second kappa shape index (κ2) is 7.25. The Hall–Kier alpha value is -1.10. The van der Waals surface area contributed by atoms with Crippen molar-refractivity contribution in [2.75, 3.05) is 39.3 Å². The molecule has 0 aromatic heterocycles. The zero-order valence-corrected chi connectivity index (χ0v) is 13.4. The van der Waals surface area contributed by atoms with Crippen molar-refractivity contribution >= 4 is 18.3 Å². The molecular formula is C16H24ClN3O. The maximum absolute atomic E-state index is 12.5. The quantitative estimate of drug-likeness (QED) is 0.900. The molecule has 1 unspecified atom stereocenters. The Morgan fingerprint density at radius 3 is 2.71 bits per heavy atom. The summed E-state index contributed by atoms with van der Waals surface area (Å²) >= 11 is 0. The number of nitrogens with one attached hydrogen (secondary N) is 1. The number of hydrogen-bond acceptors (Lipinski definition) is 3. The number of amides is 1. The maximum Gasteiger partial charge on any atom is 0.253 e. The van der Waals surface area contributed by atoms with Crippen LogP contribution in [0.4, 0.5) is 0 Å². The van der Waals surface area contributed by atoms with Crippen LogP contribution < -0.4 is 5.32 Å². The minimum atomic E-state index is 0. The number of carbonyl (C=O) groups is 1. The van der Waals surface area contributed by atoms with E-state index in [1.54, 1.807) is 0 Å². The van der Waals surface area contributed by atoms with E-state index >= 15 is 0 Å². The standard InChI is InChI=1S/C16H23N3O.ClH/c1-13-3-2-4-14(11-13)16(20)19-8-5-15(12-19)18-9-6-17-7-10-18;/h2-4,11,15,17H,5-10,12H2,1H3;1H. The first-order chi connectivity index (χ1) is 9.74. The number of likely N-dealkylation sites (tertiary alicyclic amines) is 1. The van der Waals surface area contributed by atoms with Gasteiger partial charge >= 0.3 is 0 Å². The van der Waals surface area contributed by atoms with Crippen LogP contribution in [0.2, 0.25) is 0 Å². The lowest BCUT2D eigenvalue weighted by molar-refractivity contribution is 0.0773. The highest BCUT2D eigenvalue weighted by atomic mass is 35.5. The fourth-order valence-electron chi connectivity index (χ4n) is 3.23. The summed E-state index contributed by atoms with van der Waals surface area (Å²) in [7, 11) is 0. The minimum absolute atomic E-state index is 0. The average Bonchev–Trinajstić information content (AvgIpc) is 2.97. The molecule has 2 heterocycles. The van der Waals surface area contributed by atoms with Gasteiger partial charge in [-0.05, 0) is 25.5 Å². The zero-order chi connectivity index (χ0) is 13.9. The molecule has 1 atom stereocenters. The summed E-state index contributed by atoms with van der Waals surface area (Å²) in [5.41, 5.74) is 1.97. The van der Waals surface area contributed by atoms with E-state index in [1.807, 2.05) is 36.1 Å². The van der Waals surface area contributed by atoms with E-state index in [2.05, 4.69) is 10.2 Å². The van der Waals surface area contributed by atoms with Crippen molar-refractivity contribution in [2.45, 2.75) is 19.4 Å². The second-order valence-corrected chi connectivity index (χ2v) is 5.85. The van der Waals surface area contributed by atoms with Gasteiger partial charge in [0, 0.05) is 50.9 Å². The van der Waals surface area contributed by atoms with Crippen molar-refractivity contribution in [3.63, 3.8) is 0 Å². The Morgan fingerprint density at radius 1 is 1.24 bits per heavy atom. The lowest BCUT2D eigenvalue weighted by Gasteiger charge is -2.32. The average molecular weight is 310 g/mol. The van der Waals surface area contributed by atoms with Crippen molar-refractivity contribution in [3.8, 4) is 0 Å². The zero-order valence-electron chi connectivity index (χ0n) is 12.5. The van der Waals surface area contributed by atoms with Gasteiger partial charge in [0.1, 0.15) is 0 Å². The number of halogens is 1. The summed E-state index contributed by atoms with van der Waals surface area (Å²) in [6, 6.07) is 8.45. The van der Waals surface area contributed by atoms with Gasteiger partial charge in [-0.15, -0.1) is 12.4 Å². The largest absolute Gasteiger partial charge is 0.337 e. The Kier molecular flexibility index (Phi) is 5.62. The van der Waals surface area contributed by atoms with Crippen LogP contribution in [0.5, 0.6) is 0 Å². The van der Waals surface area contributed by atoms with Crippen LogP contribution in [0.3, 0.4) is 0 Å². The number of nitrogens with zero attached hydrogens (tertiary/aromatic N) is 2. The van der Waals surface area contributed by atoms with E-state index in [1.165, 1.54) is 0 Å². The lowest BCUT2D eigenvalue weighted by atomic mass is 10.1. The Bertz CT molecular complexity index is 488. The molecule has 3 rings (SSSR count). The van der Waals surface area contributed by atoms with Gasteiger partial charge in [0.2, 0.25) is 0 Å². The van der Waals surface area contributed by atoms with Gasteiger partial charge in [-0.1, -0.05) is 17.7 Å². The molecule has 4 nitrogen and oxygen atoms in total. The van der Waals surface area contributed by atoms with E-state index in [0.29, 0.717) is 6.04 Å². The smallest absolute Gasteiger partial charge is 0.253 e. The predicted octanol–water partition coefficient (Wildman–Crippen LogP) is 1.54. The molecule has 116 valence electrons. The summed E-state index contributed by atoms with van der Waals surface area (Å²) < 4.78 is 0. The van der Waals surface area contributed by atoms with E-state index in [9.17, 15) is 4.79 Å². The molecule has 0 spiro atoms. The molecule has 1 N–H and O–H groups in total. The molecule has 2 aliphatic heterocycles. The first kappa shape index (κ1) is 16.3. The summed E-state index contributed by atoms with van der Waals surface area (Å²) in [6.07, 6.45) is 1.11. The summed E-state index contributed by atoms with van der Waals surface area (Å²) in [6.45, 7) is 8.16. The third-order valence-corrected chi connectivity index (χ3v) is 4.38. The van der Waals surface area contributed by atoms with Crippen LogP contribution in [0.25, 0.3) is 0 Å². The van der Waals surface area contributed by atoms with Gasteiger partial charge in [0.15, 0.2) is 0 Å². The highest BCUT2D eigenvalue weighted by molar-refractivity contribution is 5.94. The third kappa shape index (κ3) is 3.76. The molecule has 1 amide bonds. The molecular weight excluding hydrogens is 286 g/mol. The number of rotatable bonds is 2. The van der Waals surface area contributed by atoms with Crippen LogP contribution >= 0.6 is 12.4 Å². The summed E-state index contributed by atoms with van der Waals surface area (Å²) in [5.74, 6) is 0.186. The number of aryl methyl sites for hydroxylation is 1. The van der Waals surface area contributed by atoms with Gasteiger partial charge in [-0.2, -0.15) is 0 Å². The Balaban J connectivity index is 0.00000161. The molecule has 0 bridgehead atoms. The van der Waals surface area contributed by atoms with E-state index in [0.717, 1.165) is 56.8 Å². The SMILES string of the molecule is Cc1cccc(C(=O)N2CCC(N3CCNCC3)C2)c1.Cl. The van der Waals surface area contributed by atoms with Crippen LogP contribution in [0, 0.1) is 6.92 Å². The normalized spacial score (nSPS) is 22.9. The molecule has 2 saturated heterocycles. The van der Waals surface area contributed by atoms with Gasteiger partial charge < -0.3 is 10.2 Å². The summed E-state index contributed by atoms with van der Waals surface area (Å²) in [4.78, 5) is 17.1. The molecule has 2 aliphatic rings. The van der Waals surface area contributed by atoms with Crippen molar-refractivity contribution in [2.24, 2.45) is 0 Å². The highest BCUT2D eigenvalue weighted by Crippen LogP contribution is 2.19. The Labute approximate surface area is 132 Å². The number of piperazine rings is 1. The second-order valence-electron chi connectivity index (χ2n) is 5.85. The molecule has 1 aromatic carbocycles. The van der Waals surface area contributed by atoms with Gasteiger partial charge in [-0.25, -0.2) is 0 Å². The van der Waals surface area contributed by atoms with Crippen LogP contribution in [0.1, 0.15) is 22.3 Å². The topological polar surface area (TPSA) is 35.6 Å². The van der Waals surface area contributed by atoms with E-state index in [4.69, 9.17) is 0 Å². The lowest BCUT2D eigenvalue weighted by Crippen LogP contribution is -2.49. The van der Waals surface area contributed by atoms with Crippen molar-refractivity contribution < 1.29 is 4.79 Å². The van der Waals surface area contributed by atoms with Crippen LogP contribution in [-0.4, -0.2) is 61.0 Å². The number of hydrogen-bond donors (Lipinski definition) is 1. The van der Waals surface area contributed by atoms with Crippen LogP contribution in [0.15, 0.2) is 24.3 Å². The molecule has 0 aliphatic carbocycles. The molecule has 2 fully saturated rings. The molecule has 1 aromatic rings. The molecule has 5 heteroatoms. The highest BCUT2D eigenvalue weighted by Gasteiger charge is 2.31. The molecule has 0 radical (unpaired) electrons. The van der Waals surface area contributed by atoms with Crippen molar-refractivity contribution in [1.82, 2.24) is 15.1 Å². The van der Waals surface area contributed by atoms with Crippen LogP contribution in [-0.2, 0) is 0 Å². The molecule has 0 saturated carbocycles. The maximum atomic E-state index is 12.5. The number of carbonyl (C=O) groups excluding carboxylic acids is 1. The van der Waals surface area contributed by atoms with Crippen molar-refractivity contribution in [1.29, 1.82) is 0 Å². The summed E-state index contributed by atoms with van der Waals surface area (Å²) in [5, 5.41) is 3.38. The van der Waals surface area contributed by atoms with Gasteiger partial charge in [0.25, 0.3) is 5.91 Å². The third-order valence-electron chi connectivity index (χ3n) is 4.38. The molecule has 21 heavy (non-hydrogen) atoms.